The quantitative estimate of drug-likeness (QED) is 0.898. The zero-order chi connectivity index (χ0) is 14.6. The Hall–Kier alpha value is -0.900. The van der Waals surface area contributed by atoms with Crippen molar-refractivity contribution < 1.29 is 4.74 Å². The van der Waals surface area contributed by atoms with E-state index in [2.05, 4.69) is 43.0 Å². The van der Waals surface area contributed by atoms with Gasteiger partial charge in [0.15, 0.2) is 0 Å². The summed E-state index contributed by atoms with van der Waals surface area (Å²) in [5, 5.41) is 0. The maximum Gasteiger partial charge on any atom is 0.0713 e. The second kappa shape index (κ2) is 6.70. The minimum atomic E-state index is 0.336. The summed E-state index contributed by atoms with van der Waals surface area (Å²) >= 11 is 0. The third kappa shape index (κ3) is 3.81. The molecule has 1 heterocycles. The molecule has 0 aromatic heterocycles. The van der Waals surface area contributed by atoms with Crippen LogP contribution in [0.5, 0.6) is 0 Å². The monoisotopic (exact) mass is 276 g/mol. The lowest BCUT2D eigenvalue weighted by atomic mass is 9.82. The van der Waals surface area contributed by atoms with Crippen LogP contribution in [0.15, 0.2) is 24.3 Å². The summed E-state index contributed by atoms with van der Waals surface area (Å²) in [7, 11) is 1.74. The van der Waals surface area contributed by atoms with E-state index in [1.165, 1.54) is 24.0 Å². The van der Waals surface area contributed by atoms with E-state index < -0.39 is 0 Å². The molecule has 1 aliphatic heterocycles. The average molecular weight is 276 g/mol. The lowest BCUT2D eigenvalue weighted by Gasteiger charge is -2.41. The Labute approximate surface area is 123 Å². The van der Waals surface area contributed by atoms with Crippen molar-refractivity contribution in [3.8, 4) is 0 Å². The first kappa shape index (κ1) is 15.5. The standard InChI is InChI=1S/C17H28N2O/c1-17(2)7-9-19(10-8-17)16(12-18)15-6-4-5-14(11-15)13-20-3/h4-6,11,16H,7-10,12-13,18H2,1-3H3. The number of nitrogens with zero attached hydrogens (tertiary/aromatic N) is 1. The van der Waals surface area contributed by atoms with Crippen LogP contribution in [-0.2, 0) is 11.3 Å². The largest absolute Gasteiger partial charge is 0.380 e. The molecular formula is C17H28N2O. The fourth-order valence-electron chi connectivity index (χ4n) is 2.99. The van der Waals surface area contributed by atoms with Gasteiger partial charge in [-0.25, -0.2) is 0 Å². The van der Waals surface area contributed by atoms with Gasteiger partial charge in [-0.2, -0.15) is 0 Å². The fourth-order valence-corrected chi connectivity index (χ4v) is 2.99. The van der Waals surface area contributed by atoms with Crippen molar-refractivity contribution in [1.29, 1.82) is 0 Å². The van der Waals surface area contributed by atoms with Crippen LogP contribution in [0, 0.1) is 5.41 Å². The lowest BCUT2D eigenvalue weighted by Crippen LogP contribution is -2.42. The van der Waals surface area contributed by atoms with Crippen molar-refractivity contribution in [2.45, 2.75) is 39.3 Å². The molecule has 0 radical (unpaired) electrons. The molecule has 0 aliphatic carbocycles. The maximum absolute atomic E-state index is 6.05. The predicted molar refractivity (Wildman–Crippen MR) is 83.5 cm³/mol. The second-order valence-electron chi connectivity index (χ2n) is 6.63. The van der Waals surface area contributed by atoms with Crippen LogP contribution >= 0.6 is 0 Å². The first-order valence-corrected chi connectivity index (χ1v) is 7.57. The number of hydrogen-bond acceptors (Lipinski definition) is 3. The van der Waals surface area contributed by atoms with E-state index in [9.17, 15) is 0 Å². The van der Waals surface area contributed by atoms with E-state index in [0.29, 0.717) is 24.6 Å². The van der Waals surface area contributed by atoms with Gasteiger partial charge in [0.05, 0.1) is 6.61 Å². The number of rotatable bonds is 5. The van der Waals surface area contributed by atoms with E-state index in [4.69, 9.17) is 10.5 Å². The van der Waals surface area contributed by atoms with Crippen LogP contribution in [0.25, 0.3) is 0 Å². The third-order valence-corrected chi connectivity index (χ3v) is 4.46. The first-order chi connectivity index (χ1) is 9.55. The van der Waals surface area contributed by atoms with Crippen molar-refractivity contribution in [3.63, 3.8) is 0 Å². The van der Waals surface area contributed by atoms with E-state index in [0.717, 1.165) is 13.1 Å². The van der Waals surface area contributed by atoms with Gasteiger partial charge in [-0.15, -0.1) is 0 Å². The highest BCUT2D eigenvalue weighted by molar-refractivity contribution is 5.26. The molecular weight excluding hydrogens is 248 g/mol. The average Bonchev–Trinajstić information content (AvgIpc) is 2.42. The highest BCUT2D eigenvalue weighted by atomic mass is 16.5. The van der Waals surface area contributed by atoms with Crippen molar-refractivity contribution >= 4 is 0 Å². The Kier molecular flexibility index (Phi) is 5.19. The summed E-state index contributed by atoms with van der Waals surface area (Å²) in [5.41, 5.74) is 9.08. The van der Waals surface area contributed by atoms with Crippen LogP contribution in [0.2, 0.25) is 0 Å². The Morgan fingerprint density at radius 3 is 2.60 bits per heavy atom. The highest BCUT2D eigenvalue weighted by Crippen LogP contribution is 2.33. The fraction of sp³-hybridized carbons (Fsp3) is 0.647. The number of piperidine rings is 1. The number of likely N-dealkylation sites (tertiary alicyclic amines) is 1. The van der Waals surface area contributed by atoms with Gasteiger partial charge in [-0.05, 0) is 42.5 Å². The molecule has 112 valence electrons. The molecule has 2 N–H and O–H groups in total. The second-order valence-corrected chi connectivity index (χ2v) is 6.63. The molecule has 3 heteroatoms. The van der Waals surface area contributed by atoms with Gasteiger partial charge >= 0.3 is 0 Å². The van der Waals surface area contributed by atoms with E-state index >= 15 is 0 Å². The smallest absolute Gasteiger partial charge is 0.0713 e. The number of nitrogens with two attached hydrogens (primary N) is 1. The van der Waals surface area contributed by atoms with Crippen molar-refractivity contribution in [3.05, 3.63) is 35.4 Å². The number of hydrogen-bond donors (Lipinski definition) is 1. The molecule has 1 unspecified atom stereocenters. The van der Waals surface area contributed by atoms with Crippen LogP contribution in [0.4, 0.5) is 0 Å². The van der Waals surface area contributed by atoms with Crippen LogP contribution in [-0.4, -0.2) is 31.6 Å². The highest BCUT2D eigenvalue weighted by Gasteiger charge is 2.29. The Morgan fingerprint density at radius 1 is 1.30 bits per heavy atom. The summed E-state index contributed by atoms with van der Waals surface area (Å²) in [6, 6.07) is 8.99. The van der Waals surface area contributed by atoms with Crippen molar-refractivity contribution in [2.75, 3.05) is 26.7 Å². The molecule has 1 saturated heterocycles. The summed E-state index contributed by atoms with van der Waals surface area (Å²) in [5.74, 6) is 0. The molecule has 0 spiro atoms. The Balaban J connectivity index is 2.10. The number of methoxy groups -OCH3 is 1. The minimum absolute atomic E-state index is 0.336. The number of benzene rings is 1. The molecule has 1 aliphatic rings. The van der Waals surface area contributed by atoms with Gasteiger partial charge in [0.1, 0.15) is 0 Å². The molecule has 0 bridgehead atoms. The summed E-state index contributed by atoms with van der Waals surface area (Å²) < 4.78 is 5.22. The molecule has 0 amide bonds. The summed E-state index contributed by atoms with van der Waals surface area (Å²) in [6.45, 7) is 8.35. The molecule has 1 fully saturated rings. The van der Waals surface area contributed by atoms with Gasteiger partial charge in [-0.3, -0.25) is 4.90 Å². The maximum atomic E-state index is 6.05. The van der Waals surface area contributed by atoms with Gasteiger partial charge in [0, 0.05) is 19.7 Å². The first-order valence-electron chi connectivity index (χ1n) is 7.57. The zero-order valence-corrected chi connectivity index (χ0v) is 13.1. The van der Waals surface area contributed by atoms with Gasteiger partial charge in [0.25, 0.3) is 0 Å². The molecule has 0 saturated carbocycles. The molecule has 3 nitrogen and oxygen atoms in total. The normalized spacial score (nSPS) is 20.8. The lowest BCUT2D eigenvalue weighted by molar-refractivity contribution is 0.0963. The van der Waals surface area contributed by atoms with Crippen molar-refractivity contribution in [2.24, 2.45) is 11.1 Å². The predicted octanol–water partition coefficient (Wildman–Crippen LogP) is 2.95. The molecule has 1 aromatic rings. The minimum Gasteiger partial charge on any atom is -0.380 e. The Bertz CT molecular complexity index is 421. The SMILES string of the molecule is COCc1cccc(C(CN)N2CCC(C)(C)CC2)c1. The van der Waals surface area contributed by atoms with Crippen LogP contribution in [0.1, 0.15) is 43.9 Å². The van der Waals surface area contributed by atoms with Gasteiger partial charge < -0.3 is 10.5 Å². The summed E-state index contributed by atoms with van der Waals surface area (Å²) in [4.78, 5) is 2.54. The molecule has 20 heavy (non-hydrogen) atoms. The molecule has 2 rings (SSSR count). The van der Waals surface area contributed by atoms with E-state index in [1.54, 1.807) is 7.11 Å². The van der Waals surface area contributed by atoms with E-state index in [1.807, 2.05) is 0 Å². The topological polar surface area (TPSA) is 38.5 Å². The molecule has 1 aromatic carbocycles. The third-order valence-electron chi connectivity index (χ3n) is 4.46. The molecule has 1 atom stereocenters. The summed E-state index contributed by atoms with van der Waals surface area (Å²) in [6.07, 6.45) is 2.50. The Morgan fingerprint density at radius 2 is 2.00 bits per heavy atom. The van der Waals surface area contributed by atoms with Gasteiger partial charge in [-0.1, -0.05) is 38.1 Å². The van der Waals surface area contributed by atoms with Crippen LogP contribution in [0.3, 0.4) is 0 Å². The van der Waals surface area contributed by atoms with Crippen LogP contribution < -0.4 is 5.73 Å². The number of ether oxygens (including phenoxy) is 1. The van der Waals surface area contributed by atoms with E-state index in [-0.39, 0.29) is 0 Å². The van der Waals surface area contributed by atoms with Gasteiger partial charge in [0.2, 0.25) is 0 Å². The zero-order valence-electron chi connectivity index (χ0n) is 13.1. The van der Waals surface area contributed by atoms with Crippen molar-refractivity contribution in [1.82, 2.24) is 4.90 Å².